The third-order valence-corrected chi connectivity index (χ3v) is 5.71. The van der Waals surface area contributed by atoms with Crippen molar-refractivity contribution in [2.45, 2.75) is 33.3 Å². The maximum absolute atomic E-state index is 12.6. The molecule has 2 amide bonds. The molecule has 0 bridgehead atoms. The van der Waals surface area contributed by atoms with Crippen molar-refractivity contribution in [1.82, 2.24) is 4.90 Å². The minimum absolute atomic E-state index is 0.254. The summed E-state index contributed by atoms with van der Waals surface area (Å²) < 4.78 is 6.28. The van der Waals surface area contributed by atoms with Gasteiger partial charge >= 0.3 is 6.09 Å². The number of nitrogens with zero attached hydrogens (tertiary/aromatic N) is 2. The first-order chi connectivity index (χ1) is 14.5. The predicted molar refractivity (Wildman–Crippen MR) is 128 cm³/mol. The minimum Gasteiger partial charge on any atom is -0.444 e. The summed E-state index contributed by atoms with van der Waals surface area (Å²) in [7, 11) is 0. The number of carbonyl (C=O) groups excluding carboxylic acids is 2. The van der Waals surface area contributed by atoms with Gasteiger partial charge in [-0.3, -0.25) is 4.79 Å². The predicted octanol–water partition coefficient (Wildman–Crippen LogP) is 5.72. The van der Waals surface area contributed by atoms with Crippen LogP contribution < -0.4 is 10.2 Å². The van der Waals surface area contributed by atoms with Gasteiger partial charge in [-0.1, -0.05) is 27.5 Å². The Hall–Kier alpha value is -2.25. The summed E-state index contributed by atoms with van der Waals surface area (Å²) in [5.41, 5.74) is 2.77. The number of halogens is 2. The summed E-state index contributed by atoms with van der Waals surface area (Å²) in [6.07, 6.45) is -0.270. The monoisotopic (exact) mass is 507 g/mol. The van der Waals surface area contributed by atoms with Gasteiger partial charge in [0.05, 0.1) is 10.6 Å². The van der Waals surface area contributed by atoms with Crippen LogP contribution in [0.2, 0.25) is 5.02 Å². The molecule has 0 saturated carbocycles. The zero-order chi connectivity index (χ0) is 22.8. The molecule has 8 heteroatoms. The number of amides is 2. The summed E-state index contributed by atoms with van der Waals surface area (Å²) in [6, 6.07) is 11.0. The van der Waals surface area contributed by atoms with E-state index in [1.807, 2.05) is 45.9 Å². The van der Waals surface area contributed by atoms with Gasteiger partial charge in [-0.05, 0) is 69.7 Å². The number of carbonyl (C=O) groups is 2. The summed E-state index contributed by atoms with van der Waals surface area (Å²) >= 11 is 9.53. The number of aryl methyl sites for hydroxylation is 1. The van der Waals surface area contributed by atoms with Crippen LogP contribution in [0.4, 0.5) is 16.2 Å². The average Bonchev–Trinajstić information content (AvgIpc) is 2.67. The topological polar surface area (TPSA) is 61.9 Å². The maximum atomic E-state index is 12.6. The number of nitrogens with one attached hydrogen (secondary N) is 1. The number of ether oxygens (including phenoxy) is 1. The fraction of sp³-hybridized carbons (Fsp3) is 0.391. The Morgan fingerprint density at radius 1 is 1.06 bits per heavy atom. The molecule has 1 heterocycles. The first-order valence-corrected chi connectivity index (χ1v) is 11.3. The van der Waals surface area contributed by atoms with Crippen molar-refractivity contribution < 1.29 is 14.3 Å². The van der Waals surface area contributed by atoms with E-state index in [-0.39, 0.29) is 12.0 Å². The number of anilines is 2. The van der Waals surface area contributed by atoms with Crippen LogP contribution in [0.5, 0.6) is 0 Å². The third kappa shape index (κ3) is 6.14. The van der Waals surface area contributed by atoms with Gasteiger partial charge < -0.3 is 19.9 Å². The summed E-state index contributed by atoms with van der Waals surface area (Å²) in [5, 5.41) is 3.30. The Labute approximate surface area is 196 Å². The van der Waals surface area contributed by atoms with Gasteiger partial charge in [0.25, 0.3) is 5.91 Å². The van der Waals surface area contributed by atoms with Gasteiger partial charge in [0.2, 0.25) is 0 Å². The van der Waals surface area contributed by atoms with Crippen LogP contribution in [0.3, 0.4) is 0 Å². The lowest BCUT2D eigenvalue weighted by atomic mass is 10.1. The fourth-order valence-electron chi connectivity index (χ4n) is 3.42. The Balaban J connectivity index is 1.62. The van der Waals surface area contributed by atoms with Crippen LogP contribution >= 0.6 is 27.5 Å². The minimum atomic E-state index is -0.494. The molecule has 1 aliphatic heterocycles. The highest BCUT2D eigenvalue weighted by Crippen LogP contribution is 2.27. The molecule has 1 saturated heterocycles. The number of hydrogen-bond acceptors (Lipinski definition) is 4. The summed E-state index contributed by atoms with van der Waals surface area (Å²) in [6.45, 7) is 10.3. The maximum Gasteiger partial charge on any atom is 0.410 e. The standard InChI is InChI=1S/C23H27BrClN3O3/c1-15-13-17(26-21(29)18-7-5-16(24)14-19(18)25)6-8-20(15)27-9-11-28(12-10-27)22(30)31-23(2,3)4/h5-8,13-14H,9-12H2,1-4H3,(H,26,29). The highest BCUT2D eigenvalue weighted by Gasteiger charge is 2.26. The summed E-state index contributed by atoms with van der Waals surface area (Å²) in [4.78, 5) is 28.8. The van der Waals surface area contributed by atoms with E-state index >= 15 is 0 Å². The molecule has 0 unspecified atom stereocenters. The molecule has 0 radical (unpaired) electrons. The lowest BCUT2D eigenvalue weighted by Crippen LogP contribution is -2.50. The molecule has 1 fully saturated rings. The van der Waals surface area contributed by atoms with E-state index in [1.165, 1.54) is 0 Å². The van der Waals surface area contributed by atoms with E-state index in [9.17, 15) is 9.59 Å². The normalized spacial score (nSPS) is 14.4. The van der Waals surface area contributed by atoms with E-state index < -0.39 is 5.60 Å². The van der Waals surface area contributed by atoms with Crippen LogP contribution in [0, 0.1) is 6.92 Å². The van der Waals surface area contributed by atoms with E-state index in [4.69, 9.17) is 16.3 Å². The second kappa shape index (κ2) is 9.49. The van der Waals surface area contributed by atoms with Crippen molar-refractivity contribution in [3.05, 3.63) is 57.0 Å². The SMILES string of the molecule is Cc1cc(NC(=O)c2ccc(Br)cc2Cl)ccc1N1CCN(C(=O)OC(C)(C)C)CC1. The van der Waals surface area contributed by atoms with Crippen molar-refractivity contribution in [3.63, 3.8) is 0 Å². The van der Waals surface area contributed by atoms with Gasteiger partial charge in [0.1, 0.15) is 5.60 Å². The smallest absolute Gasteiger partial charge is 0.410 e. The van der Waals surface area contributed by atoms with Crippen LogP contribution in [0.25, 0.3) is 0 Å². The number of benzene rings is 2. The molecule has 1 aliphatic rings. The van der Waals surface area contributed by atoms with E-state index in [0.29, 0.717) is 29.4 Å². The van der Waals surface area contributed by atoms with Crippen LogP contribution in [-0.4, -0.2) is 48.7 Å². The highest BCUT2D eigenvalue weighted by atomic mass is 79.9. The quantitative estimate of drug-likeness (QED) is 0.576. The molecule has 3 rings (SSSR count). The molecule has 0 aliphatic carbocycles. The first-order valence-electron chi connectivity index (χ1n) is 10.1. The largest absolute Gasteiger partial charge is 0.444 e. The summed E-state index contributed by atoms with van der Waals surface area (Å²) in [5.74, 6) is -0.254. The first kappa shape index (κ1) is 23.4. The van der Waals surface area contributed by atoms with Gasteiger partial charge in [0, 0.05) is 42.0 Å². The van der Waals surface area contributed by atoms with Crippen molar-refractivity contribution in [3.8, 4) is 0 Å². The molecule has 31 heavy (non-hydrogen) atoms. The van der Waals surface area contributed by atoms with E-state index in [2.05, 4.69) is 26.1 Å². The lowest BCUT2D eigenvalue weighted by Gasteiger charge is -2.37. The van der Waals surface area contributed by atoms with Crippen LogP contribution in [-0.2, 0) is 4.74 Å². The van der Waals surface area contributed by atoms with Crippen molar-refractivity contribution in [2.75, 3.05) is 36.4 Å². The molecule has 0 atom stereocenters. The number of rotatable bonds is 3. The van der Waals surface area contributed by atoms with Crippen LogP contribution in [0.15, 0.2) is 40.9 Å². The second-order valence-corrected chi connectivity index (χ2v) is 9.86. The molecular formula is C23H27BrClN3O3. The number of piperazine rings is 1. The van der Waals surface area contributed by atoms with Crippen LogP contribution in [0.1, 0.15) is 36.7 Å². The molecule has 2 aromatic carbocycles. The van der Waals surface area contributed by atoms with E-state index in [0.717, 1.165) is 28.8 Å². The Bertz CT molecular complexity index is 983. The average molecular weight is 509 g/mol. The van der Waals surface area contributed by atoms with Gasteiger partial charge in [-0.2, -0.15) is 0 Å². The second-order valence-electron chi connectivity index (χ2n) is 8.53. The fourth-order valence-corrected chi connectivity index (χ4v) is 4.18. The zero-order valence-corrected chi connectivity index (χ0v) is 20.5. The molecule has 1 N–H and O–H groups in total. The molecule has 6 nitrogen and oxygen atoms in total. The van der Waals surface area contributed by atoms with Gasteiger partial charge in [-0.15, -0.1) is 0 Å². The van der Waals surface area contributed by atoms with Crippen molar-refractivity contribution in [1.29, 1.82) is 0 Å². The Kier molecular flexibility index (Phi) is 7.17. The molecular weight excluding hydrogens is 482 g/mol. The van der Waals surface area contributed by atoms with E-state index in [1.54, 1.807) is 23.1 Å². The molecule has 166 valence electrons. The Morgan fingerprint density at radius 2 is 1.74 bits per heavy atom. The Morgan fingerprint density at radius 3 is 2.32 bits per heavy atom. The van der Waals surface area contributed by atoms with Gasteiger partial charge in [-0.25, -0.2) is 4.79 Å². The highest BCUT2D eigenvalue weighted by molar-refractivity contribution is 9.10. The molecule has 0 aromatic heterocycles. The third-order valence-electron chi connectivity index (χ3n) is 4.90. The van der Waals surface area contributed by atoms with Crippen molar-refractivity contribution >= 4 is 50.9 Å². The molecule has 2 aromatic rings. The van der Waals surface area contributed by atoms with Gasteiger partial charge in [0.15, 0.2) is 0 Å². The zero-order valence-electron chi connectivity index (χ0n) is 18.2. The van der Waals surface area contributed by atoms with Crippen molar-refractivity contribution in [2.24, 2.45) is 0 Å². The molecule has 0 spiro atoms. The number of hydrogen-bond donors (Lipinski definition) is 1. The lowest BCUT2D eigenvalue weighted by molar-refractivity contribution is 0.0240.